The number of hydrogen-bond donors (Lipinski definition) is 0. The molecule has 1 aromatic rings. The van der Waals surface area contributed by atoms with Gasteiger partial charge in [-0.3, -0.25) is 10.1 Å². The molecule has 0 saturated heterocycles. The molecule has 0 bridgehead atoms. The molecule has 1 rings (SSSR count). The zero-order valence-electron chi connectivity index (χ0n) is 6.39. The van der Waals surface area contributed by atoms with Crippen LogP contribution in [-0.2, 0) is 0 Å². The van der Waals surface area contributed by atoms with E-state index in [0.717, 1.165) is 0 Å². The Kier molecular flexibility index (Phi) is 5.52. The number of hydrogen-bond acceptors (Lipinski definition) is 4. The molecule has 0 radical (unpaired) electrons. The Balaban J connectivity index is 0.00000121. The Hall–Kier alpha value is -0.0700. The van der Waals surface area contributed by atoms with E-state index in [2.05, 4.69) is 0 Å². The Bertz CT molecular complexity index is 264. The van der Waals surface area contributed by atoms with Crippen LogP contribution in [0.15, 0.2) is 29.2 Å². The molecule has 0 aliphatic rings. The van der Waals surface area contributed by atoms with Crippen molar-refractivity contribution in [3.8, 4) is 0 Å². The molecule has 0 heterocycles. The molecule has 0 aromatic heterocycles. The molecule has 0 unspecified atom stereocenters. The van der Waals surface area contributed by atoms with Crippen LogP contribution in [0.25, 0.3) is 0 Å². The Labute approximate surface area is 95.6 Å². The summed E-state index contributed by atoms with van der Waals surface area (Å²) in [7, 11) is 0. The van der Waals surface area contributed by atoms with Crippen LogP contribution in [0, 0.1) is 10.1 Å². The van der Waals surface area contributed by atoms with Crippen molar-refractivity contribution < 1.29 is 39.0 Å². The van der Waals surface area contributed by atoms with Crippen LogP contribution >= 0.6 is 12.0 Å². The van der Waals surface area contributed by atoms with Crippen molar-refractivity contribution in [2.75, 3.05) is 0 Å². The minimum atomic E-state index is -0.501. The summed E-state index contributed by atoms with van der Waals surface area (Å²) in [6.07, 6.45) is 0. The van der Waals surface area contributed by atoms with Gasteiger partial charge in [0.15, 0.2) is 0 Å². The van der Waals surface area contributed by atoms with E-state index < -0.39 is 4.92 Å². The quantitative estimate of drug-likeness (QED) is 0.257. The molecule has 12 heavy (non-hydrogen) atoms. The van der Waals surface area contributed by atoms with Crippen molar-refractivity contribution in [3.63, 3.8) is 0 Å². The van der Waals surface area contributed by atoms with E-state index in [-0.39, 0.29) is 35.2 Å². The first-order valence-electron chi connectivity index (χ1n) is 2.78. The Morgan fingerprint density at radius 2 is 1.75 bits per heavy atom. The van der Waals surface area contributed by atoms with E-state index in [4.69, 9.17) is 0 Å². The van der Waals surface area contributed by atoms with Gasteiger partial charge in [0.2, 0.25) is 0 Å². The van der Waals surface area contributed by atoms with Gasteiger partial charge in [-0.15, -0.1) is 0 Å². The summed E-state index contributed by atoms with van der Waals surface area (Å²) in [6.45, 7) is 0. The summed E-state index contributed by atoms with van der Waals surface area (Å²) in [5.74, 6) is 0. The van der Waals surface area contributed by atoms with Crippen LogP contribution in [0.5, 0.6) is 0 Å². The predicted octanol–water partition coefficient (Wildman–Crippen LogP) is -1.18. The van der Waals surface area contributed by atoms with E-state index >= 15 is 0 Å². The SMILES string of the molecule is O=[N+]([O-])c1ccc(S[O-])cc1.[Na+]. The van der Waals surface area contributed by atoms with Crippen molar-refractivity contribution >= 4 is 17.7 Å². The third-order valence-corrected chi connectivity index (χ3v) is 1.61. The number of nitrogens with zero attached hydrogens (tertiary/aromatic N) is 1. The first-order chi connectivity index (χ1) is 5.24. The van der Waals surface area contributed by atoms with Crippen molar-refractivity contribution in [2.24, 2.45) is 0 Å². The molecular formula is C6H4NNaO3S. The molecule has 6 heteroatoms. The first-order valence-corrected chi connectivity index (χ1v) is 3.52. The fourth-order valence-corrected chi connectivity index (χ4v) is 0.871. The molecule has 0 atom stereocenters. The summed E-state index contributed by atoms with van der Waals surface area (Å²) in [5, 5.41) is 10.1. The van der Waals surface area contributed by atoms with Crippen LogP contribution in [-0.4, -0.2) is 9.48 Å². The summed E-state index contributed by atoms with van der Waals surface area (Å²) >= 11 is 0.317. The van der Waals surface area contributed by atoms with Crippen LogP contribution in [0.4, 0.5) is 5.69 Å². The van der Waals surface area contributed by atoms with E-state index in [9.17, 15) is 14.7 Å². The molecule has 0 aliphatic carbocycles. The molecule has 0 aliphatic heterocycles. The third kappa shape index (κ3) is 3.12. The molecule has 4 nitrogen and oxygen atoms in total. The number of non-ortho nitro benzene ring substituents is 1. The van der Waals surface area contributed by atoms with Crippen molar-refractivity contribution in [2.45, 2.75) is 4.90 Å². The minimum absolute atomic E-state index is 0. The molecule has 1 aromatic carbocycles. The number of benzene rings is 1. The van der Waals surface area contributed by atoms with E-state index in [1.165, 1.54) is 24.3 Å². The second-order valence-electron chi connectivity index (χ2n) is 1.83. The number of nitro groups is 1. The summed E-state index contributed by atoms with van der Waals surface area (Å²) in [5.41, 5.74) is 0.00259. The molecule has 0 fully saturated rings. The smallest absolute Gasteiger partial charge is 0.795 e. The Morgan fingerprint density at radius 1 is 1.25 bits per heavy atom. The van der Waals surface area contributed by atoms with Gasteiger partial charge in [-0.25, -0.2) is 12.0 Å². The maximum absolute atomic E-state index is 10.2. The topological polar surface area (TPSA) is 66.2 Å². The zero-order chi connectivity index (χ0) is 8.27. The van der Waals surface area contributed by atoms with Gasteiger partial charge >= 0.3 is 29.6 Å². The predicted molar refractivity (Wildman–Crippen MR) is 39.7 cm³/mol. The zero-order valence-corrected chi connectivity index (χ0v) is 9.21. The average Bonchev–Trinajstić information content (AvgIpc) is 2.05. The van der Waals surface area contributed by atoms with Crippen LogP contribution in [0.3, 0.4) is 0 Å². The second-order valence-corrected chi connectivity index (χ2v) is 2.47. The van der Waals surface area contributed by atoms with Crippen LogP contribution < -0.4 is 29.6 Å². The van der Waals surface area contributed by atoms with Gasteiger partial charge in [-0.05, 0) is 17.0 Å². The third-order valence-electron chi connectivity index (χ3n) is 1.14. The van der Waals surface area contributed by atoms with Gasteiger partial charge in [0.05, 0.1) is 4.92 Å². The maximum atomic E-state index is 10.2. The van der Waals surface area contributed by atoms with E-state index in [1.807, 2.05) is 0 Å². The Morgan fingerprint density at radius 3 is 2.08 bits per heavy atom. The second kappa shape index (κ2) is 5.55. The molecular weight excluding hydrogens is 189 g/mol. The fourth-order valence-electron chi connectivity index (χ4n) is 0.623. The standard InChI is InChI=1S/C6H5NO3S.Na/c8-7(9)5-1-3-6(11-10)4-2-5;/h1-4,10H;/q;+1/p-1. The normalized spacial score (nSPS) is 8.75. The number of rotatable bonds is 2. The minimum Gasteiger partial charge on any atom is -0.795 e. The van der Waals surface area contributed by atoms with Crippen LogP contribution in [0.2, 0.25) is 0 Å². The maximum Gasteiger partial charge on any atom is 1.00 e. The molecule has 0 spiro atoms. The fraction of sp³-hybridized carbons (Fsp3) is 0. The largest absolute Gasteiger partial charge is 1.00 e. The first kappa shape index (κ1) is 11.9. The van der Waals surface area contributed by atoms with Gasteiger partial charge in [0.1, 0.15) is 0 Å². The average molecular weight is 193 g/mol. The van der Waals surface area contributed by atoms with Crippen molar-refractivity contribution in [1.29, 1.82) is 0 Å². The van der Waals surface area contributed by atoms with Crippen molar-refractivity contribution in [1.82, 2.24) is 0 Å². The molecule has 58 valence electrons. The van der Waals surface area contributed by atoms with Gasteiger partial charge in [0.25, 0.3) is 5.69 Å². The number of nitro benzene ring substituents is 1. The van der Waals surface area contributed by atoms with Gasteiger partial charge in [-0.2, -0.15) is 0 Å². The van der Waals surface area contributed by atoms with E-state index in [1.54, 1.807) is 0 Å². The molecule has 0 amide bonds. The summed E-state index contributed by atoms with van der Waals surface area (Å²) in [6, 6.07) is 5.46. The van der Waals surface area contributed by atoms with E-state index in [0.29, 0.717) is 16.9 Å². The van der Waals surface area contributed by atoms with Crippen LogP contribution in [0.1, 0.15) is 0 Å². The summed E-state index contributed by atoms with van der Waals surface area (Å²) < 4.78 is 10.2. The molecule has 0 saturated carbocycles. The summed E-state index contributed by atoms with van der Waals surface area (Å²) in [4.78, 5) is 10.1. The van der Waals surface area contributed by atoms with Gasteiger partial charge < -0.3 is 4.55 Å². The van der Waals surface area contributed by atoms with Gasteiger partial charge in [0, 0.05) is 12.1 Å². The molecule has 0 N–H and O–H groups in total. The van der Waals surface area contributed by atoms with Gasteiger partial charge in [-0.1, -0.05) is 0 Å². The monoisotopic (exact) mass is 193 g/mol. The van der Waals surface area contributed by atoms with Crippen molar-refractivity contribution in [3.05, 3.63) is 34.4 Å².